The summed E-state index contributed by atoms with van der Waals surface area (Å²) in [7, 11) is 0. The molecule has 0 bridgehead atoms. The molecule has 0 aromatic carbocycles. The van der Waals surface area contributed by atoms with Crippen LogP contribution in [-0.2, 0) is 6.54 Å². The minimum absolute atomic E-state index is 0.683. The van der Waals surface area contributed by atoms with E-state index in [1.54, 1.807) is 12.4 Å². The van der Waals surface area contributed by atoms with Crippen molar-refractivity contribution in [3.05, 3.63) is 30.7 Å². The van der Waals surface area contributed by atoms with Crippen LogP contribution in [0.5, 0.6) is 0 Å². The van der Waals surface area contributed by atoms with Gasteiger partial charge >= 0.3 is 0 Å². The minimum atomic E-state index is 0.683. The summed E-state index contributed by atoms with van der Waals surface area (Å²) in [5, 5.41) is 4.17. The maximum atomic E-state index is 5.80. The lowest BCUT2D eigenvalue weighted by molar-refractivity contribution is 0.660. The highest BCUT2D eigenvalue weighted by Gasteiger charge is 2.05. The summed E-state index contributed by atoms with van der Waals surface area (Å²) in [4.78, 5) is 4.22. The molecule has 0 unspecified atom stereocenters. The summed E-state index contributed by atoms with van der Waals surface area (Å²) < 4.78 is 1.85. The first-order valence-corrected chi connectivity index (χ1v) is 4.54. The third-order valence-electron chi connectivity index (χ3n) is 2.07. The molecular formula is C10H12N4. The Hall–Kier alpha value is -1.84. The number of nitrogen functional groups attached to an aromatic ring is 1. The molecular weight excluding hydrogens is 176 g/mol. The zero-order valence-electron chi connectivity index (χ0n) is 8.01. The summed E-state index contributed by atoms with van der Waals surface area (Å²) >= 11 is 0. The van der Waals surface area contributed by atoms with Crippen molar-refractivity contribution in [1.29, 1.82) is 0 Å². The van der Waals surface area contributed by atoms with E-state index >= 15 is 0 Å². The van der Waals surface area contributed by atoms with Gasteiger partial charge in [0, 0.05) is 24.5 Å². The summed E-state index contributed by atoms with van der Waals surface area (Å²) in [5.41, 5.74) is 8.25. The maximum Gasteiger partial charge on any atom is 0.0962 e. The first-order valence-electron chi connectivity index (χ1n) is 4.54. The molecule has 0 aliphatic carbocycles. The van der Waals surface area contributed by atoms with Crippen molar-refractivity contribution in [2.75, 3.05) is 5.73 Å². The summed E-state index contributed by atoms with van der Waals surface area (Å²) in [5.74, 6) is 0. The highest BCUT2D eigenvalue weighted by Crippen LogP contribution is 2.21. The molecule has 14 heavy (non-hydrogen) atoms. The quantitative estimate of drug-likeness (QED) is 0.777. The normalized spacial score (nSPS) is 10.4. The van der Waals surface area contributed by atoms with Crippen LogP contribution in [0.4, 0.5) is 5.69 Å². The molecule has 0 aliphatic rings. The second-order valence-electron chi connectivity index (χ2n) is 3.03. The lowest BCUT2D eigenvalue weighted by atomic mass is 10.2. The van der Waals surface area contributed by atoms with Crippen molar-refractivity contribution >= 4 is 5.69 Å². The van der Waals surface area contributed by atoms with Gasteiger partial charge in [0.1, 0.15) is 0 Å². The molecule has 72 valence electrons. The smallest absolute Gasteiger partial charge is 0.0962 e. The van der Waals surface area contributed by atoms with Crippen molar-refractivity contribution < 1.29 is 0 Å². The zero-order chi connectivity index (χ0) is 9.97. The fourth-order valence-corrected chi connectivity index (χ4v) is 1.32. The van der Waals surface area contributed by atoms with E-state index in [-0.39, 0.29) is 0 Å². The van der Waals surface area contributed by atoms with Gasteiger partial charge in [0.25, 0.3) is 0 Å². The Labute approximate surface area is 82.4 Å². The second-order valence-corrected chi connectivity index (χ2v) is 3.03. The van der Waals surface area contributed by atoms with Gasteiger partial charge in [-0.1, -0.05) is 0 Å². The average Bonchev–Trinajstić information content (AvgIpc) is 2.67. The molecule has 2 aromatic heterocycles. The van der Waals surface area contributed by atoms with E-state index in [0.29, 0.717) is 5.69 Å². The molecule has 4 nitrogen and oxygen atoms in total. The van der Waals surface area contributed by atoms with Crippen molar-refractivity contribution in [3.63, 3.8) is 0 Å². The SMILES string of the molecule is CCn1cc(-c2ncccc2N)cn1. The van der Waals surface area contributed by atoms with Crippen LogP contribution >= 0.6 is 0 Å². The lowest BCUT2D eigenvalue weighted by Gasteiger charge is -1.99. The molecule has 0 fully saturated rings. The second kappa shape index (κ2) is 3.49. The third-order valence-corrected chi connectivity index (χ3v) is 2.07. The Balaban J connectivity index is 2.44. The van der Waals surface area contributed by atoms with E-state index in [2.05, 4.69) is 10.1 Å². The number of rotatable bonds is 2. The van der Waals surface area contributed by atoms with Crippen molar-refractivity contribution in [1.82, 2.24) is 14.8 Å². The van der Waals surface area contributed by atoms with Crippen LogP contribution in [0, 0.1) is 0 Å². The highest BCUT2D eigenvalue weighted by atomic mass is 15.3. The number of nitrogens with two attached hydrogens (primary N) is 1. The van der Waals surface area contributed by atoms with Gasteiger partial charge in [0.05, 0.1) is 17.6 Å². The molecule has 0 aliphatic heterocycles. The van der Waals surface area contributed by atoms with E-state index in [9.17, 15) is 0 Å². The molecule has 0 radical (unpaired) electrons. The van der Waals surface area contributed by atoms with Crippen LogP contribution in [0.3, 0.4) is 0 Å². The number of aryl methyl sites for hydroxylation is 1. The lowest BCUT2D eigenvalue weighted by Crippen LogP contribution is -1.93. The van der Waals surface area contributed by atoms with Gasteiger partial charge in [-0.25, -0.2) is 0 Å². The van der Waals surface area contributed by atoms with Crippen LogP contribution in [0.2, 0.25) is 0 Å². The first-order chi connectivity index (χ1) is 6.81. The molecule has 0 saturated carbocycles. The number of hydrogen-bond acceptors (Lipinski definition) is 3. The topological polar surface area (TPSA) is 56.7 Å². The van der Waals surface area contributed by atoms with Crippen molar-refractivity contribution in [2.45, 2.75) is 13.5 Å². The Morgan fingerprint density at radius 1 is 1.50 bits per heavy atom. The fourth-order valence-electron chi connectivity index (χ4n) is 1.32. The predicted molar refractivity (Wildman–Crippen MR) is 55.5 cm³/mol. The van der Waals surface area contributed by atoms with Crippen LogP contribution < -0.4 is 5.73 Å². The highest BCUT2D eigenvalue weighted by molar-refractivity contribution is 5.70. The van der Waals surface area contributed by atoms with Gasteiger partial charge in [-0.2, -0.15) is 5.10 Å². The monoisotopic (exact) mass is 188 g/mol. The fraction of sp³-hybridized carbons (Fsp3) is 0.200. The maximum absolute atomic E-state index is 5.80. The minimum Gasteiger partial charge on any atom is -0.397 e. The first kappa shape index (κ1) is 8.74. The van der Waals surface area contributed by atoms with Crippen molar-refractivity contribution in [3.8, 4) is 11.3 Å². The molecule has 2 N–H and O–H groups in total. The van der Waals surface area contributed by atoms with Crippen LogP contribution in [0.1, 0.15) is 6.92 Å². The van der Waals surface area contributed by atoms with Gasteiger partial charge in [0.15, 0.2) is 0 Å². The van der Waals surface area contributed by atoms with Crippen LogP contribution in [0.15, 0.2) is 30.7 Å². The molecule has 0 spiro atoms. The van der Waals surface area contributed by atoms with Gasteiger partial charge in [-0.3, -0.25) is 9.67 Å². The van der Waals surface area contributed by atoms with Gasteiger partial charge in [0.2, 0.25) is 0 Å². The van der Waals surface area contributed by atoms with E-state index < -0.39 is 0 Å². The number of hydrogen-bond donors (Lipinski definition) is 1. The number of anilines is 1. The summed E-state index contributed by atoms with van der Waals surface area (Å²) in [6, 6.07) is 3.66. The number of nitrogens with zero attached hydrogens (tertiary/aromatic N) is 3. The Morgan fingerprint density at radius 3 is 3.00 bits per heavy atom. The Kier molecular flexibility index (Phi) is 2.18. The number of aromatic nitrogens is 3. The van der Waals surface area contributed by atoms with E-state index in [1.165, 1.54) is 0 Å². The average molecular weight is 188 g/mol. The van der Waals surface area contributed by atoms with Crippen LogP contribution in [0.25, 0.3) is 11.3 Å². The molecule has 0 atom stereocenters. The van der Waals surface area contributed by atoms with Crippen LogP contribution in [-0.4, -0.2) is 14.8 Å². The Bertz CT molecular complexity index is 433. The third kappa shape index (κ3) is 1.46. The summed E-state index contributed by atoms with van der Waals surface area (Å²) in [6.45, 7) is 2.89. The van der Waals surface area contributed by atoms with Gasteiger partial charge in [-0.15, -0.1) is 0 Å². The van der Waals surface area contributed by atoms with Gasteiger partial charge < -0.3 is 5.73 Å². The molecule has 2 rings (SSSR count). The zero-order valence-corrected chi connectivity index (χ0v) is 8.01. The molecule has 0 saturated heterocycles. The number of pyridine rings is 1. The molecule has 2 heterocycles. The predicted octanol–water partition coefficient (Wildman–Crippen LogP) is 1.55. The van der Waals surface area contributed by atoms with Gasteiger partial charge in [-0.05, 0) is 19.1 Å². The molecule has 2 aromatic rings. The van der Waals surface area contributed by atoms with E-state index in [4.69, 9.17) is 5.73 Å². The standard InChI is InChI=1S/C10H12N4/c1-2-14-7-8(6-13-14)10-9(11)4-3-5-12-10/h3-7H,2,11H2,1H3. The molecule has 0 amide bonds. The van der Waals surface area contributed by atoms with E-state index in [1.807, 2.05) is 29.9 Å². The molecule has 4 heteroatoms. The van der Waals surface area contributed by atoms with E-state index in [0.717, 1.165) is 17.8 Å². The summed E-state index contributed by atoms with van der Waals surface area (Å²) in [6.07, 6.45) is 5.45. The largest absolute Gasteiger partial charge is 0.397 e. The van der Waals surface area contributed by atoms with Crippen molar-refractivity contribution in [2.24, 2.45) is 0 Å². The Morgan fingerprint density at radius 2 is 2.36 bits per heavy atom.